The lowest BCUT2D eigenvalue weighted by Gasteiger charge is -1.98. The van der Waals surface area contributed by atoms with E-state index in [2.05, 4.69) is 16.1 Å². The lowest BCUT2D eigenvalue weighted by Crippen LogP contribution is -2.31. The zero-order chi connectivity index (χ0) is 5.40. The summed E-state index contributed by atoms with van der Waals surface area (Å²) < 4.78 is 0. The van der Waals surface area contributed by atoms with Gasteiger partial charge in [-0.1, -0.05) is 0 Å². The van der Waals surface area contributed by atoms with E-state index in [-0.39, 0.29) is 0 Å². The molecular formula is C5H9N3. The molecule has 1 saturated carbocycles. The van der Waals surface area contributed by atoms with Gasteiger partial charge >= 0.3 is 0 Å². The summed E-state index contributed by atoms with van der Waals surface area (Å²) in [5, 5.41) is 4.05. The molecule has 44 valence electrons. The Kier molecular flexibility index (Phi) is 0.784. The molecule has 0 amide bonds. The van der Waals surface area contributed by atoms with E-state index < -0.39 is 0 Å². The quantitative estimate of drug-likeness (QED) is 0.461. The van der Waals surface area contributed by atoms with Crippen LogP contribution in [0.3, 0.4) is 0 Å². The van der Waals surface area contributed by atoms with Gasteiger partial charge in [-0.15, -0.1) is 0 Å². The van der Waals surface area contributed by atoms with Crippen molar-refractivity contribution in [3.8, 4) is 0 Å². The Labute approximate surface area is 48.1 Å². The van der Waals surface area contributed by atoms with Gasteiger partial charge in [0.2, 0.25) is 0 Å². The second-order valence-corrected chi connectivity index (χ2v) is 2.30. The fraction of sp³-hybridized carbons (Fsp3) is 0.800. The van der Waals surface area contributed by atoms with Crippen LogP contribution in [0.1, 0.15) is 19.3 Å². The molecule has 2 aliphatic rings. The highest BCUT2D eigenvalue weighted by Gasteiger charge is 2.25. The minimum absolute atomic E-state index is 0.565. The Morgan fingerprint density at radius 1 is 1.62 bits per heavy atom. The third kappa shape index (κ3) is 0.448. The Balaban J connectivity index is 2.20. The maximum absolute atomic E-state index is 4.05. The van der Waals surface area contributed by atoms with Gasteiger partial charge in [-0.25, -0.2) is 11.0 Å². The van der Waals surface area contributed by atoms with Crippen LogP contribution in [-0.4, -0.2) is 11.8 Å². The first-order valence-corrected chi connectivity index (χ1v) is 3.04. The third-order valence-electron chi connectivity index (χ3n) is 1.77. The summed E-state index contributed by atoms with van der Waals surface area (Å²) in [6.45, 7) is 0. The maximum atomic E-state index is 4.05. The van der Waals surface area contributed by atoms with Crippen LogP contribution in [0.4, 0.5) is 0 Å². The normalized spacial score (nSPS) is 34.0. The molecule has 1 aliphatic heterocycles. The van der Waals surface area contributed by atoms with Crippen LogP contribution in [-0.2, 0) is 0 Å². The molecule has 3 nitrogen and oxygen atoms in total. The van der Waals surface area contributed by atoms with Gasteiger partial charge in [-0.05, 0) is 19.3 Å². The Morgan fingerprint density at radius 2 is 2.62 bits per heavy atom. The lowest BCUT2D eigenvalue weighted by molar-refractivity contribution is 0.543. The number of nitrogens with zero attached hydrogens (tertiary/aromatic N) is 1. The Hall–Kier alpha value is -0.570. The monoisotopic (exact) mass is 111 g/mol. The van der Waals surface area contributed by atoms with Crippen molar-refractivity contribution in [2.45, 2.75) is 25.3 Å². The highest BCUT2D eigenvalue weighted by Crippen LogP contribution is 2.16. The molecule has 0 aromatic carbocycles. The first-order valence-electron chi connectivity index (χ1n) is 3.04. The van der Waals surface area contributed by atoms with Crippen LogP contribution in [0.5, 0.6) is 0 Å². The summed E-state index contributed by atoms with van der Waals surface area (Å²) in [4.78, 5) is 0. The third-order valence-corrected chi connectivity index (χ3v) is 1.77. The van der Waals surface area contributed by atoms with Gasteiger partial charge in [-0.3, -0.25) is 0 Å². The van der Waals surface area contributed by atoms with Gasteiger partial charge < -0.3 is 0 Å². The molecule has 8 heavy (non-hydrogen) atoms. The number of hydrazone groups is 1. The van der Waals surface area contributed by atoms with Crippen molar-refractivity contribution in [3.05, 3.63) is 0 Å². The van der Waals surface area contributed by atoms with Gasteiger partial charge in [0.05, 0.1) is 11.8 Å². The van der Waals surface area contributed by atoms with E-state index in [9.17, 15) is 0 Å². The number of hydrogen-bond acceptors (Lipinski definition) is 3. The molecule has 2 rings (SSSR count). The summed E-state index contributed by atoms with van der Waals surface area (Å²) in [5.41, 5.74) is 7.14. The average molecular weight is 111 g/mol. The molecule has 1 aliphatic carbocycles. The molecule has 0 radical (unpaired) electrons. The minimum atomic E-state index is 0.565. The van der Waals surface area contributed by atoms with Crippen molar-refractivity contribution in [1.29, 1.82) is 0 Å². The van der Waals surface area contributed by atoms with Crippen LogP contribution in [0.2, 0.25) is 0 Å². The zero-order valence-electron chi connectivity index (χ0n) is 4.65. The largest absolute Gasteiger partial charge is 0.242 e. The molecular weight excluding hydrogens is 102 g/mol. The van der Waals surface area contributed by atoms with E-state index in [1.807, 2.05) is 0 Å². The number of rotatable bonds is 0. The van der Waals surface area contributed by atoms with Crippen LogP contribution in [0.15, 0.2) is 5.10 Å². The number of nitrogens with one attached hydrogen (secondary N) is 2. The summed E-state index contributed by atoms with van der Waals surface area (Å²) in [7, 11) is 0. The lowest BCUT2D eigenvalue weighted by atomic mass is 10.2. The first-order chi connectivity index (χ1) is 3.97. The molecule has 0 bridgehead atoms. The van der Waals surface area contributed by atoms with Crippen molar-refractivity contribution in [2.24, 2.45) is 5.10 Å². The van der Waals surface area contributed by atoms with Crippen LogP contribution in [0.25, 0.3) is 0 Å². The highest BCUT2D eigenvalue weighted by molar-refractivity contribution is 5.92. The first kappa shape index (κ1) is 4.32. The standard InChI is InChI=1S/C5H9N3/c1-2-4-5(3-1)7-8-6-4/h4,6,8H,1-3H2. The fourth-order valence-electron chi connectivity index (χ4n) is 1.30. The number of hydrogen-bond donors (Lipinski definition) is 2. The summed E-state index contributed by atoms with van der Waals surface area (Å²) in [6.07, 6.45) is 3.74. The summed E-state index contributed by atoms with van der Waals surface area (Å²) in [6, 6.07) is 0.565. The Morgan fingerprint density at radius 3 is 3.50 bits per heavy atom. The van der Waals surface area contributed by atoms with Gasteiger partial charge in [0.25, 0.3) is 0 Å². The molecule has 1 fully saturated rings. The Bertz CT molecular complexity index is 130. The van der Waals surface area contributed by atoms with Crippen LogP contribution < -0.4 is 11.0 Å². The number of fused-ring (bicyclic) bond motifs is 1. The van der Waals surface area contributed by atoms with E-state index in [1.54, 1.807) is 0 Å². The summed E-state index contributed by atoms with van der Waals surface area (Å²) in [5.74, 6) is 0. The predicted octanol–water partition coefficient (Wildman–Crippen LogP) is 0.00270. The molecule has 3 heteroatoms. The highest BCUT2D eigenvalue weighted by atomic mass is 15.6. The molecule has 0 spiro atoms. The van der Waals surface area contributed by atoms with Crippen LogP contribution in [0, 0.1) is 0 Å². The fourth-order valence-corrected chi connectivity index (χ4v) is 1.30. The molecule has 0 saturated heterocycles. The SMILES string of the molecule is C1CC2=NNNC2C1. The van der Waals surface area contributed by atoms with E-state index in [0.29, 0.717) is 6.04 Å². The van der Waals surface area contributed by atoms with Crippen molar-refractivity contribution in [3.63, 3.8) is 0 Å². The summed E-state index contributed by atoms with van der Waals surface area (Å²) >= 11 is 0. The van der Waals surface area contributed by atoms with E-state index in [4.69, 9.17) is 0 Å². The smallest absolute Gasteiger partial charge is 0.0676 e. The molecule has 1 atom stereocenters. The van der Waals surface area contributed by atoms with Gasteiger partial charge in [-0.2, -0.15) is 5.10 Å². The maximum Gasteiger partial charge on any atom is 0.0676 e. The van der Waals surface area contributed by atoms with Crippen molar-refractivity contribution < 1.29 is 0 Å². The molecule has 0 aromatic rings. The molecule has 0 aromatic heterocycles. The van der Waals surface area contributed by atoms with E-state index >= 15 is 0 Å². The number of hydrazine groups is 1. The predicted molar refractivity (Wildman–Crippen MR) is 31.3 cm³/mol. The van der Waals surface area contributed by atoms with Crippen molar-refractivity contribution in [2.75, 3.05) is 0 Å². The van der Waals surface area contributed by atoms with E-state index in [0.717, 1.165) is 0 Å². The van der Waals surface area contributed by atoms with Gasteiger partial charge in [0.1, 0.15) is 0 Å². The second-order valence-electron chi connectivity index (χ2n) is 2.30. The average Bonchev–Trinajstić information content (AvgIpc) is 2.15. The zero-order valence-corrected chi connectivity index (χ0v) is 4.65. The molecule has 1 unspecified atom stereocenters. The minimum Gasteiger partial charge on any atom is -0.242 e. The topological polar surface area (TPSA) is 36.4 Å². The molecule has 2 N–H and O–H groups in total. The van der Waals surface area contributed by atoms with Crippen LogP contribution >= 0.6 is 0 Å². The van der Waals surface area contributed by atoms with Crippen molar-refractivity contribution in [1.82, 2.24) is 11.0 Å². The molecule has 1 heterocycles. The van der Waals surface area contributed by atoms with E-state index in [1.165, 1.54) is 25.0 Å². The second kappa shape index (κ2) is 1.45. The van der Waals surface area contributed by atoms with Gasteiger partial charge in [0, 0.05) is 0 Å². The van der Waals surface area contributed by atoms with Gasteiger partial charge in [0.15, 0.2) is 0 Å². The van der Waals surface area contributed by atoms with Crippen molar-refractivity contribution >= 4 is 5.71 Å².